The van der Waals surface area contributed by atoms with Gasteiger partial charge in [0.25, 0.3) is 0 Å². The standard InChI is InChI=1S/C18H33N3O2/c1-14(18(23)19-15-6-2-3-7-15)20-10-12-21(13-11-20)16-8-4-5-9-17(16)22/h14-17,22H,2-13H2,1H3,(H,19,23). The zero-order valence-electron chi connectivity index (χ0n) is 14.5. The van der Waals surface area contributed by atoms with Gasteiger partial charge in [0.15, 0.2) is 0 Å². The molecule has 23 heavy (non-hydrogen) atoms. The fraction of sp³-hybridized carbons (Fsp3) is 0.944. The van der Waals surface area contributed by atoms with Crippen LogP contribution in [0.4, 0.5) is 0 Å². The van der Waals surface area contributed by atoms with Crippen molar-refractivity contribution in [3.8, 4) is 0 Å². The first kappa shape index (κ1) is 17.2. The molecule has 1 amide bonds. The van der Waals surface area contributed by atoms with E-state index in [1.54, 1.807) is 0 Å². The van der Waals surface area contributed by atoms with Gasteiger partial charge in [0, 0.05) is 38.3 Å². The SMILES string of the molecule is CC(C(=O)NC1CCCC1)N1CCN(C2CCCCC2O)CC1. The molecule has 0 aromatic carbocycles. The first-order valence-electron chi connectivity index (χ1n) is 9.61. The molecular formula is C18H33N3O2. The van der Waals surface area contributed by atoms with Crippen molar-refractivity contribution >= 4 is 5.91 Å². The number of aliphatic hydroxyl groups excluding tert-OH is 1. The molecule has 2 N–H and O–H groups in total. The Kier molecular flexibility index (Phi) is 5.94. The molecular weight excluding hydrogens is 290 g/mol. The summed E-state index contributed by atoms with van der Waals surface area (Å²) in [7, 11) is 0. The molecule has 0 spiro atoms. The minimum atomic E-state index is -0.154. The minimum Gasteiger partial charge on any atom is -0.391 e. The van der Waals surface area contributed by atoms with E-state index < -0.39 is 0 Å². The maximum Gasteiger partial charge on any atom is 0.237 e. The van der Waals surface area contributed by atoms with E-state index in [0.29, 0.717) is 12.1 Å². The lowest BCUT2D eigenvalue weighted by Gasteiger charge is -2.44. The summed E-state index contributed by atoms with van der Waals surface area (Å²) in [5.74, 6) is 0.197. The van der Waals surface area contributed by atoms with Gasteiger partial charge in [0.2, 0.25) is 5.91 Å². The quantitative estimate of drug-likeness (QED) is 0.820. The van der Waals surface area contributed by atoms with Crippen molar-refractivity contribution in [2.24, 2.45) is 0 Å². The molecule has 1 aliphatic heterocycles. The largest absolute Gasteiger partial charge is 0.391 e. The number of nitrogens with zero attached hydrogens (tertiary/aromatic N) is 2. The van der Waals surface area contributed by atoms with Gasteiger partial charge < -0.3 is 10.4 Å². The third-order valence-electron chi connectivity index (χ3n) is 6.14. The van der Waals surface area contributed by atoms with Crippen LogP contribution in [-0.4, -0.2) is 71.2 Å². The normalized spacial score (nSPS) is 32.8. The number of amides is 1. The van der Waals surface area contributed by atoms with Gasteiger partial charge in [-0.1, -0.05) is 25.7 Å². The summed E-state index contributed by atoms with van der Waals surface area (Å²) >= 11 is 0. The summed E-state index contributed by atoms with van der Waals surface area (Å²) < 4.78 is 0. The number of hydrogen-bond donors (Lipinski definition) is 2. The van der Waals surface area contributed by atoms with Crippen LogP contribution in [0, 0.1) is 0 Å². The third-order valence-corrected chi connectivity index (χ3v) is 6.14. The minimum absolute atomic E-state index is 0.0333. The third kappa shape index (κ3) is 4.25. The summed E-state index contributed by atoms with van der Waals surface area (Å²) in [6.07, 6.45) is 9.11. The zero-order valence-corrected chi connectivity index (χ0v) is 14.5. The average Bonchev–Trinajstić information content (AvgIpc) is 3.08. The smallest absolute Gasteiger partial charge is 0.237 e. The van der Waals surface area contributed by atoms with Gasteiger partial charge in [-0.3, -0.25) is 14.6 Å². The Bertz CT molecular complexity index is 390. The Morgan fingerprint density at radius 2 is 1.61 bits per heavy atom. The van der Waals surface area contributed by atoms with Crippen molar-refractivity contribution in [2.45, 2.75) is 82.5 Å². The number of hydrogen-bond acceptors (Lipinski definition) is 4. The lowest BCUT2D eigenvalue weighted by atomic mass is 9.91. The van der Waals surface area contributed by atoms with Crippen molar-refractivity contribution in [1.29, 1.82) is 0 Å². The number of carbonyl (C=O) groups is 1. The fourth-order valence-electron chi connectivity index (χ4n) is 4.53. The first-order chi connectivity index (χ1) is 11.1. The number of rotatable bonds is 4. The molecule has 2 saturated carbocycles. The van der Waals surface area contributed by atoms with E-state index in [4.69, 9.17) is 0 Å². The number of aliphatic hydroxyl groups is 1. The van der Waals surface area contributed by atoms with Crippen molar-refractivity contribution in [3.05, 3.63) is 0 Å². The lowest BCUT2D eigenvalue weighted by Crippen LogP contribution is -2.58. The summed E-state index contributed by atoms with van der Waals surface area (Å²) in [6.45, 7) is 5.85. The van der Waals surface area contributed by atoms with Crippen molar-refractivity contribution < 1.29 is 9.90 Å². The Hall–Kier alpha value is -0.650. The predicted molar refractivity (Wildman–Crippen MR) is 91.3 cm³/mol. The molecule has 1 saturated heterocycles. The van der Waals surface area contributed by atoms with Gasteiger partial charge in [-0.25, -0.2) is 0 Å². The van der Waals surface area contributed by atoms with Crippen molar-refractivity contribution in [2.75, 3.05) is 26.2 Å². The molecule has 2 aliphatic carbocycles. The Morgan fingerprint density at radius 1 is 1.00 bits per heavy atom. The number of carbonyl (C=O) groups excluding carboxylic acids is 1. The maximum absolute atomic E-state index is 12.4. The van der Waals surface area contributed by atoms with E-state index in [1.807, 2.05) is 6.92 Å². The van der Waals surface area contributed by atoms with Crippen LogP contribution in [0.25, 0.3) is 0 Å². The van der Waals surface area contributed by atoms with E-state index in [1.165, 1.54) is 19.3 Å². The van der Waals surface area contributed by atoms with E-state index >= 15 is 0 Å². The van der Waals surface area contributed by atoms with E-state index in [9.17, 15) is 9.90 Å². The maximum atomic E-state index is 12.4. The second-order valence-electron chi connectivity index (χ2n) is 7.66. The highest BCUT2D eigenvalue weighted by atomic mass is 16.3. The summed E-state index contributed by atoms with van der Waals surface area (Å²) in [6, 6.07) is 0.714. The summed E-state index contributed by atoms with van der Waals surface area (Å²) in [5, 5.41) is 13.4. The topological polar surface area (TPSA) is 55.8 Å². The van der Waals surface area contributed by atoms with Gasteiger partial charge in [-0.2, -0.15) is 0 Å². The van der Waals surface area contributed by atoms with Crippen LogP contribution in [0.1, 0.15) is 58.3 Å². The average molecular weight is 323 g/mol. The zero-order chi connectivity index (χ0) is 16.2. The van der Waals surface area contributed by atoms with Gasteiger partial charge in [-0.15, -0.1) is 0 Å². The molecule has 0 radical (unpaired) electrons. The van der Waals surface area contributed by atoms with Crippen LogP contribution in [0.2, 0.25) is 0 Å². The molecule has 5 nitrogen and oxygen atoms in total. The monoisotopic (exact) mass is 323 g/mol. The molecule has 0 bridgehead atoms. The van der Waals surface area contributed by atoms with Gasteiger partial charge in [-0.05, 0) is 32.6 Å². The second-order valence-corrected chi connectivity index (χ2v) is 7.66. The molecule has 0 aromatic heterocycles. The van der Waals surface area contributed by atoms with Crippen LogP contribution >= 0.6 is 0 Å². The van der Waals surface area contributed by atoms with E-state index in [2.05, 4.69) is 15.1 Å². The molecule has 0 aromatic rings. The second kappa shape index (κ2) is 7.95. The van der Waals surface area contributed by atoms with E-state index in [0.717, 1.165) is 58.3 Å². The van der Waals surface area contributed by atoms with Crippen molar-refractivity contribution in [3.63, 3.8) is 0 Å². The predicted octanol–water partition coefficient (Wildman–Crippen LogP) is 1.35. The molecule has 132 valence electrons. The first-order valence-corrected chi connectivity index (χ1v) is 9.61. The molecule has 3 fully saturated rings. The highest BCUT2D eigenvalue weighted by Gasteiger charge is 2.33. The highest BCUT2D eigenvalue weighted by molar-refractivity contribution is 5.81. The Labute approximate surface area is 140 Å². The van der Waals surface area contributed by atoms with Crippen LogP contribution in [0.3, 0.4) is 0 Å². The Morgan fingerprint density at radius 3 is 2.26 bits per heavy atom. The van der Waals surface area contributed by atoms with Crippen LogP contribution in [-0.2, 0) is 4.79 Å². The fourth-order valence-corrected chi connectivity index (χ4v) is 4.53. The summed E-state index contributed by atoms with van der Waals surface area (Å²) in [4.78, 5) is 17.2. The summed E-state index contributed by atoms with van der Waals surface area (Å²) in [5.41, 5.74) is 0. The molecule has 5 heteroatoms. The number of nitrogens with one attached hydrogen (secondary N) is 1. The Balaban J connectivity index is 1.45. The van der Waals surface area contributed by atoms with Crippen LogP contribution < -0.4 is 5.32 Å². The lowest BCUT2D eigenvalue weighted by molar-refractivity contribution is -0.127. The molecule has 3 aliphatic rings. The van der Waals surface area contributed by atoms with Gasteiger partial charge in [0.1, 0.15) is 0 Å². The molecule has 1 heterocycles. The molecule has 3 atom stereocenters. The van der Waals surface area contributed by atoms with Gasteiger partial charge >= 0.3 is 0 Å². The number of piperazine rings is 1. The highest BCUT2D eigenvalue weighted by Crippen LogP contribution is 2.24. The van der Waals surface area contributed by atoms with Gasteiger partial charge in [0.05, 0.1) is 12.1 Å². The molecule has 3 unspecified atom stereocenters. The van der Waals surface area contributed by atoms with E-state index in [-0.39, 0.29) is 18.1 Å². The van der Waals surface area contributed by atoms with Crippen molar-refractivity contribution in [1.82, 2.24) is 15.1 Å². The molecule has 3 rings (SSSR count). The van der Waals surface area contributed by atoms with Crippen LogP contribution in [0.15, 0.2) is 0 Å². The van der Waals surface area contributed by atoms with Crippen LogP contribution in [0.5, 0.6) is 0 Å².